The Morgan fingerprint density at radius 1 is 1.60 bits per heavy atom. The number of rotatable bonds is 2. The molecule has 0 saturated heterocycles. The number of fused-ring (bicyclic) bond motifs is 1. The van der Waals surface area contributed by atoms with Crippen LogP contribution in [0.5, 0.6) is 0 Å². The second-order valence-corrected chi connectivity index (χ2v) is 4.23. The van der Waals surface area contributed by atoms with Crippen molar-refractivity contribution < 1.29 is 9.90 Å². The molecule has 1 aromatic rings. The van der Waals surface area contributed by atoms with Crippen LogP contribution in [0.1, 0.15) is 11.1 Å². The summed E-state index contributed by atoms with van der Waals surface area (Å²) in [7, 11) is 1.99. The third kappa shape index (κ3) is 1.92. The van der Waals surface area contributed by atoms with Gasteiger partial charge in [-0.05, 0) is 23.6 Å². The number of nitrogens with zero attached hydrogens (tertiary/aromatic N) is 1. The molecule has 3 nitrogen and oxygen atoms in total. The minimum Gasteiger partial charge on any atom is -0.481 e. The predicted molar refractivity (Wildman–Crippen MR) is 59.8 cm³/mol. The Labute approximate surface area is 93.3 Å². The Kier molecular flexibility index (Phi) is 2.57. The van der Waals surface area contributed by atoms with E-state index in [-0.39, 0.29) is 6.42 Å². The van der Waals surface area contributed by atoms with Gasteiger partial charge in [-0.1, -0.05) is 17.7 Å². The van der Waals surface area contributed by atoms with Crippen molar-refractivity contribution in [2.24, 2.45) is 0 Å². The Hall–Kier alpha value is -1.22. The van der Waals surface area contributed by atoms with Crippen molar-refractivity contribution >= 4 is 23.3 Å². The smallest absolute Gasteiger partial charge is 0.307 e. The molecule has 0 aromatic heterocycles. The number of carboxylic acid groups (broad SMARTS) is 1. The fourth-order valence-electron chi connectivity index (χ4n) is 2.01. The lowest BCUT2D eigenvalue weighted by molar-refractivity contribution is -0.136. The van der Waals surface area contributed by atoms with Crippen LogP contribution in [0.15, 0.2) is 12.1 Å². The summed E-state index contributed by atoms with van der Waals surface area (Å²) in [6, 6.07) is 3.69. The first-order valence-corrected chi connectivity index (χ1v) is 5.20. The summed E-state index contributed by atoms with van der Waals surface area (Å²) in [5.41, 5.74) is 2.98. The van der Waals surface area contributed by atoms with Crippen LogP contribution in [0.4, 0.5) is 5.69 Å². The first-order valence-electron chi connectivity index (χ1n) is 4.82. The highest BCUT2D eigenvalue weighted by Gasteiger charge is 2.20. The molecule has 2 rings (SSSR count). The van der Waals surface area contributed by atoms with Crippen LogP contribution in [0.25, 0.3) is 0 Å². The van der Waals surface area contributed by atoms with E-state index in [4.69, 9.17) is 16.7 Å². The van der Waals surface area contributed by atoms with Gasteiger partial charge in [0, 0.05) is 13.6 Å². The Bertz CT molecular complexity index is 417. The molecule has 15 heavy (non-hydrogen) atoms. The molecule has 0 radical (unpaired) electrons. The summed E-state index contributed by atoms with van der Waals surface area (Å²) in [4.78, 5) is 12.7. The molecule has 0 amide bonds. The molecule has 0 unspecified atom stereocenters. The molecule has 4 heteroatoms. The van der Waals surface area contributed by atoms with Crippen LogP contribution in [0.2, 0.25) is 5.02 Å². The van der Waals surface area contributed by atoms with Crippen molar-refractivity contribution in [1.82, 2.24) is 0 Å². The second kappa shape index (κ2) is 3.74. The minimum atomic E-state index is -0.822. The average Bonchev–Trinajstić information content (AvgIpc) is 2.46. The average molecular weight is 226 g/mol. The Morgan fingerprint density at radius 3 is 3.00 bits per heavy atom. The third-order valence-electron chi connectivity index (χ3n) is 2.66. The van der Waals surface area contributed by atoms with Crippen molar-refractivity contribution in [1.29, 1.82) is 0 Å². The number of aliphatic carboxylic acids is 1. The summed E-state index contributed by atoms with van der Waals surface area (Å²) in [5.74, 6) is -0.822. The van der Waals surface area contributed by atoms with Gasteiger partial charge in [0.2, 0.25) is 0 Å². The number of anilines is 1. The van der Waals surface area contributed by atoms with Gasteiger partial charge < -0.3 is 10.0 Å². The zero-order chi connectivity index (χ0) is 11.0. The van der Waals surface area contributed by atoms with Gasteiger partial charge in [0.25, 0.3) is 0 Å². The van der Waals surface area contributed by atoms with Crippen molar-refractivity contribution in [2.45, 2.75) is 12.8 Å². The molecule has 0 fully saturated rings. The summed E-state index contributed by atoms with van der Waals surface area (Å²) >= 11 is 6.12. The fraction of sp³-hybridized carbons (Fsp3) is 0.364. The third-order valence-corrected chi connectivity index (χ3v) is 2.94. The summed E-state index contributed by atoms with van der Waals surface area (Å²) in [6.07, 6.45) is 0.982. The van der Waals surface area contributed by atoms with E-state index in [1.54, 1.807) is 6.07 Å². The van der Waals surface area contributed by atoms with Gasteiger partial charge in [0.1, 0.15) is 0 Å². The molecule has 0 saturated carbocycles. The van der Waals surface area contributed by atoms with E-state index < -0.39 is 5.97 Å². The number of halogens is 1. The van der Waals surface area contributed by atoms with Crippen molar-refractivity contribution in [3.8, 4) is 0 Å². The standard InChI is InChI=1S/C11H12ClNO2/c1-13-3-2-8-4-7(6-10(14)15)5-9(12)11(8)13/h4-5H,2-3,6H2,1H3,(H,14,15). The largest absolute Gasteiger partial charge is 0.481 e. The quantitative estimate of drug-likeness (QED) is 0.837. The minimum absolute atomic E-state index is 0.0384. The molecule has 80 valence electrons. The van der Waals surface area contributed by atoms with Gasteiger partial charge in [0.05, 0.1) is 17.1 Å². The lowest BCUT2D eigenvalue weighted by Crippen LogP contribution is -2.12. The molecule has 1 N–H and O–H groups in total. The fourth-order valence-corrected chi connectivity index (χ4v) is 2.42. The van der Waals surface area contributed by atoms with Gasteiger partial charge >= 0.3 is 5.97 Å². The first kappa shape index (κ1) is 10.3. The molecule has 1 aliphatic rings. The molecule has 0 atom stereocenters. The maximum atomic E-state index is 10.6. The SMILES string of the molecule is CN1CCc2cc(CC(=O)O)cc(Cl)c21. The first-order chi connectivity index (χ1) is 7.08. The summed E-state index contributed by atoms with van der Waals surface area (Å²) in [5, 5.41) is 9.36. The number of hydrogen-bond donors (Lipinski definition) is 1. The summed E-state index contributed by atoms with van der Waals surface area (Å²) < 4.78 is 0. The number of carboxylic acids is 1. The van der Waals surface area contributed by atoms with E-state index in [9.17, 15) is 4.79 Å². The van der Waals surface area contributed by atoms with Crippen LogP contribution in [0.3, 0.4) is 0 Å². The van der Waals surface area contributed by atoms with Crippen molar-refractivity contribution in [2.75, 3.05) is 18.5 Å². The summed E-state index contributed by atoms with van der Waals surface area (Å²) in [6.45, 7) is 0.950. The van der Waals surface area contributed by atoms with Crippen LogP contribution >= 0.6 is 11.6 Å². The van der Waals surface area contributed by atoms with Crippen molar-refractivity contribution in [3.63, 3.8) is 0 Å². The maximum absolute atomic E-state index is 10.6. The molecule has 0 bridgehead atoms. The highest BCUT2D eigenvalue weighted by Crippen LogP contribution is 2.35. The highest BCUT2D eigenvalue weighted by atomic mass is 35.5. The molecule has 1 aliphatic heterocycles. The molecule has 1 heterocycles. The molecule has 0 spiro atoms. The lowest BCUT2D eigenvalue weighted by Gasteiger charge is -2.14. The van der Waals surface area contributed by atoms with E-state index in [1.807, 2.05) is 13.1 Å². The molecule has 0 aliphatic carbocycles. The zero-order valence-corrected chi connectivity index (χ0v) is 9.21. The van der Waals surface area contributed by atoms with Crippen molar-refractivity contribution in [3.05, 3.63) is 28.3 Å². The van der Waals surface area contributed by atoms with Crippen LogP contribution in [-0.2, 0) is 17.6 Å². The molecular formula is C11H12ClNO2. The monoisotopic (exact) mass is 225 g/mol. The number of hydrogen-bond acceptors (Lipinski definition) is 2. The number of carbonyl (C=O) groups is 1. The number of benzene rings is 1. The van der Waals surface area contributed by atoms with E-state index >= 15 is 0 Å². The van der Waals surface area contributed by atoms with Gasteiger partial charge in [0.15, 0.2) is 0 Å². The van der Waals surface area contributed by atoms with Crippen LogP contribution in [0, 0.1) is 0 Å². The van der Waals surface area contributed by atoms with Gasteiger partial charge in [-0.25, -0.2) is 0 Å². The maximum Gasteiger partial charge on any atom is 0.307 e. The van der Waals surface area contributed by atoms with E-state index in [2.05, 4.69) is 4.90 Å². The number of likely N-dealkylation sites (N-methyl/N-ethyl adjacent to an activating group) is 1. The predicted octanol–water partition coefficient (Wildman–Crippen LogP) is 1.96. The topological polar surface area (TPSA) is 40.5 Å². The Morgan fingerprint density at radius 2 is 2.33 bits per heavy atom. The van der Waals surface area contributed by atoms with E-state index in [0.29, 0.717) is 5.02 Å². The van der Waals surface area contributed by atoms with Gasteiger partial charge in [-0.3, -0.25) is 4.79 Å². The Balaban J connectivity index is 2.40. The zero-order valence-electron chi connectivity index (χ0n) is 8.46. The normalized spacial score (nSPS) is 14.1. The highest BCUT2D eigenvalue weighted by molar-refractivity contribution is 6.33. The molecule has 1 aromatic carbocycles. The lowest BCUT2D eigenvalue weighted by atomic mass is 10.1. The second-order valence-electron chi connectivity index (χ2n) is 3.83. The molecular weight excluding hydrogens is 214 g/mol. The van der Waals surface area contributed by atoms with Crippen LogP contribution < -0.4 is 4.90 Å². The van der Waals surface area contributed by atoms with E-state index in [1.165, 1.54) is 0 Å². The van der Waals surface area contributed by atoms with Gasteiger partial charge in [-0.15, -0.1) is 0 Å². The van der Waals surface area contributed by atoms with Crippen LogP contribution in [-0.4, -0.2) is 24.7 Å². The van der Waals surface area contributed by atoms with Gasteiger partial charge in [-0.2, -0.15) is 0 Å². The van der Waals surface area contributed by atoms with E-state index in [0.717, 1.165) is 29.8 Å².